The smallest absolute Gasteiger partial charge is 0.101 e. The van der Waals surface area contributed by atoms with Crippen LogP contribution in [-0.4, -0.2) is 0 Å². The van der Waals surface area contributed by atoms with Crippen molar-refractivity contribution in [2.75, 3.05) is 0 Å². The third-order valence-electron chi connectivity index (χ3n) is 2.37. The first-order valence-electron chi connectivity index (χ1n) is 4.99. The van der Waals surface area contributed by atoms with Crippen molar-refractivity contribution in [3.8, 4) is 0 Å². The number of halogens is 1. The molecule has 1 aromatic heterocycles. The Hall–Kier alpha value is -1.02. The maximum atomic E-state index is 5.29. The van der Waals surface area contributed by atoms with E-state index in [-0.39, 0.29) is 0 Å². The molecular formula is C13H13BrO. The molecule has 0 aliphatic carbocycles. The van der Waals surface area contributed by atoms with Gasteiger partial charge in [0.2, 0.25) is 0 Å². The van der Waals surface area contributed by atoms with Crippen molar-refractivity contribution in [1.82, 2.24) is 0 Å². The van der Waals surface area contributed by atoms with Crippen LogP contribution in [0.1, 0.15) is 21.7 Å². The van der Waals surface area contributed by atoms with Crippen molar-refractivity contribution in [3.05, 3.63) is 59.5 Å². The van der Waals surface area contributed by atoms with Crippen LogP contribution in [0.3, 0.4) is 0 Å². The van der Waals surface area contributed by atoms with E-state index in [2.05, 4.69) is 46.3 Å². The molecule has 1 unspecified atom stereocenters. The van der Waals surface area contributed by atoms with Gasteiger partial charge in [-0.3, -0.25) is 0 Å². The summed E-state index contributed by atoms with van der Waals surface area (Å²) in [5, 5.41) is 0. The molecule has 0 spiro atoms. The Morgan fingerprint density at radius 2 is 2.00 bits per heavy atom. The molecule has 1 nitrogen and oxygen atoms in total. The molecule has 0 saturated heterocycles. The number of hydrogen-bond acceptors (Lipinski definition) is 1. The number of alkyl halides is 1. The van der Waals surface area contributed by atoms with Crippen molar-refractivity contribution in [1.29, 1.82) is 0 Å². The van der Waals surface area contributed by atoms with Crippen LogP contribution in [0, 0.1) is 6.92 Å². The van der Waals surface area contributed by atoms with Gasteiger partial charge in [-0.1, -0.05) is 46.3 Å². The first kappa shape index (κ1) is 10.5. The van der Waals surface area contributed by atoms with Gasteiger partial charge < -0.3 is 4.42 Å². The van der Waals surface area contributed by atoms with Crippen LogP contribution in [0.2, 0.25) is 0 Å². The van der Waals surface area contributed by atoms with E-state index in [9.17, 15) is 0 Å². The van der Waals surface area contributed by atoms with Gasteiger partial charge in [-0.15, -0.1) is 0 Å². The van der Waals surface area contributed by atoms with Gasteiger partial charge >= 0.3 is 0 Å². The van der Waals surface area contributed by atoms with Crippen LogP contribution in [-0.2, 0) is 6.42 Å². The summed E-state index contributed by atoms with van der Waals surface area (Å²) in [7, 11) is 0. The Morgan fingerprint density at radius 3 is 2.60 bits per heavy atom. The largest absolute Gasteiger partial charge is 0.469 e. The molecule has 0 amide bonds. The zero-order valence-electron chi connectivity index (χ0n) is 8.61. The van der Waals surface area contributed by atoms with E-state index >= 15 is 0 Å². The number of furan rings is 1. The summed E-state index contributed by atoms with van der Waals surface area (Å²) in [5.74, 6) is 0.961. The quantitative estimate of drug-likeness (QED) is 0.755. The van der Waals surface area contributed by atoms with Crippen molar-refractivity contribution in [2.24, 2.45) is 0 Å². The number of benzene rings is 1. The van der Waals surface area contributed by atoms with E-state index < -0.39 is 0 Å². The van der Waals surface area contributed by atoms with Crippen LogP contribution >= 0.6 is 15.9 Å². The molecule has 0 bridgehead atoms. The Kier molecular flexibility index (Phi) is 3.27. The summed E-state index contributed by atoms with van der Waals surface area (Å²) in [5.41, 5.74) is 2.54. The lowest BCUT2D eigenvalue weighted by molar-refractivity contribution is 0.531. The number of hydrogen-bond donors (Lipinski definition) is 0. The van der Waals surface area contributed by atoms with Crippen LogP contribution in [0.15, 0.2) is 47.1 Å². The van der Waals surface area contributed by atoms with E-state index in [0.717, 1.165) is 12.2 Å². The van der Waals surface area contributed by atoms with E-state index in [1.165, 1.54) is 11.1 Å². The third-order valence-corrected chi connectivity index (χ3v) is 3.22. The standard InChI is InChI=1S/C13H13BrO/c1-10-7-12(9-15-10)13(14)8-11-5-3-2-4-6-11/h2-7,9,13H,8H2,1H3. The van der Waals surface area contributed by atoms with Crippen LogP contribution in [0.4, 0.5) is 0 Å². The Morgan fingerprint density at radius 1 is 1.27 bits per heavy atom. The molecule has 0 fully saturated rings. The predicted molar refractivity (Wildman–Crippen MR) is 65.3 cm³/mol. The molecule has 15 heavy (non-hydrogen) atoms. The molecule has 0 saturated carbocycles. The van der Waals surface area contributed by atoms with Gasteiger partial charge in [0.05, 0.1) is 6.26 Å². The average Bonchev–Trinajstić information content (AvgIpc) is 2.66. The summed E-state index contributed by atoms with van der Waals surface area (Å²) < 4.78 is 5.29. The predicted octanol–water partition coefficient (Wildman–Crippen LogP) is 4.27. The zero-order chi connectivity index (χ0) is 10.7. The van der Waals surface area contributed by atoms with Gasteiger partial charge in [0.15, 0.2) is 0 Å². The fraction of sp³-hybridized carbons (Fsp3) is 0.231. The van der Waals surface area contributed by atoms with E-state index in [0.29, 0.717) is 4.83 Å². The molecule has 2 rings (SSSR count). The highest BCUT2D eigenvalue weighted by Gasteiger charge is 2.10. The summed E-state index contributed by atoms with van der Waals surface area (Å²) in [6.07, 6.45) is 2.80. The molecule has 1 heterocycles. The van der Waals surface area contributed by atoms with Crippen LogP contribution in [0.5, 0.6) is 0 Å². The van der Waals surface area contributed by atoms with Gasteiger partial charge in [0.25, 0.3) is 0 Å². The summed E-state index contributed by atoms with van der Waals surface area (Å²) in [6, 6.07) is 12.5. The molecular weight excluding hydrogens is 252 g/mol. The molecule has 0 radical (unpaired) electrons. The molecule has 78 valence electrons. The van der Waals surface area contributed by atoms with E-state index in [4.69, 9.17) is 4.42 Å². The average molecular weight is 265 g/mol. The molecule has 0 N–H and O–H groups in total. The van der Waals surface area contributed by atoms with E-state index in [1.807, 2.05) is 19.3 Å². The van der Waals surface area contributed by atoms with Gasteiger partial charge in [-0.05, 0) is 25.0 Å². The fourth-order valence-corrected chi connectivity index (χ4v) is 2.18. The number of aryl methyl sites for hydroxylation is 1. The second-order valence-electron chi connectivity index (χ2n) is 3.65. The fourth-order valence-electron chi connectivity index (χ4n) is 1.57. The molecule has 1 atom stereocenters. The molecule has 0 aliphatic rings. The Balaban J connectivity index is 2.07. The molecule has 2 heteroatoms. The maximum absolute atomic E-state index is 5.29. The van der Waals surface area contributed by atoms with Gasteiger partial charge in [-0.2, -0.15) is 0 Å². The first-order valence-corrected chi connectivity index (χ1v) is 5.90. The maximum Gasteiger partial charge on any atom is 0.101 e. The lowest BCUT2D eigenvalue weighted by Crippen LogP contribution is -1.93. The molecule has 1 aromatic carbocycles. The third kappa shape index (κ3) is 2.72. The van der Waals surface area contributed by atoms with Gasteiger partial charge in [0, 0.05) is 10.4 Å². The van der Waals surface area contributed by atoms with Gasteiger partial charge in [-0.25, -0.2) is 0 Å². The second kappa shape index (κ2) is 4.67. The number of rotatable bonds is 3. The van der Waals surface area contributed by atoms with Crippen molar-refractivity contribution < 1.29 is 4.42 Å². The van der Waals surface area contributed by atoms with Gasteiger partial charge in [0.1, 0.15) is 5.76 Å². The molecule has 2 aromatic rings. The first-order chi connectivity index (χ1) is 7.25. The summed E-state index contributed by atoms with van der Waals surface area (Å²) in [6.45, 7) is 1.96. The van der Waals surface area contributed by atoms with Crippen LogP contribution in [0.25, 0.3) is 0 Å². The summed E-state index contributed by atoms with van der Waals surface area (Å²) >= 11 is 3.68. The highest BCUT2D eigenvalue weighted by molar-refractivity contribution is 9.09. The van der Waals surface area contributed by atoms with Crippen molar-refractivity contribution in [2.45, 2.75) is 18.2 Å². The topological polar surface area (TPSA) is 13.1 Å². The highest BCUT2D eigenvalue weighted by Crippen LogP contribution is 2.28. The molecule has 0 aliphatic heterocycles. The highest BCUT2D eigenvalue weighted by atomic mass is 79.9. The lowest BCUT2D eigenvalue weighted by atomic mass is 10.1. The van der Waals surface area contributed by atoms with Crippen molar-refractivity contribution >= 4 is 15.9 Å². The minimum atomic E-state index is 0.331. The monoisotopic (exact) mass is 264 g/mol. The minimum Gasteiger partial charge on any atom is -0.469 e. The lowest BCUT2D eigenvalue weighted by Gasteiger charge is -2.06. The SMILES string of the molecule is Cc1cc(C(Br)Cc2ccccc2)co1. The zero-order valence-corrected chi connectivity index (χ0v) is 10.2. The Labute approximate surface area is 98.2 Å². The second-order valence-corrected chi connectivity index (χ2v) is 4.75. The van der Waals surface area contributed by atoms with E-state index in [1.54, 1.807) is 0 Å². The van der Waals surface area contributed by atoms with Crippen LogP contribution < -0.4 is 0 Å². The summed E-state index contributed by atoms with van der Waals surface area (Å²) in [4.78, 5) is 0.331. The van der Waals surface area contributed by atoms with Crippen molar-refractivity contribution in [3.63, 3.8) is 0 Å². The normalized spacial score (nSPS) is 12.7. The Bertz CT molecular complexity index is 419. The minimum absolute atomic E-state index is 0.331.